The molecule has 0 fully saturated rings. The summed E-state index contributed by atoms with van der Waals surface area (Å²) in [5.74, 6) is 0. The van der Waals surface area contributed by atoms with Crippen molar-refractivity contribution in [1.82, 2.24) is 10.3 Å². The van der Waals surface area contributed by atoms with Crippen molar-refractivity contribution in [1.29, 1.82) is 0 Å². The van der Waals surface area contributed by atoms with Crippen LogP contribution in [-0.2, 0) is 0 Å². The first-order valence-corrected chi connectivity index (χ1v) is 6.40. The van der Waals surface area contributed by atoms with Crippen molar-refractivity contribution >= 4 is 17.1 Å². The highest BCUT2D eigenvalue weighted by molar-refractivity contribution is 5.74. The molecule has 0 spiro atoms. The van der Waals surface area contributed by atoms with E-state index >= 15 is 0 Å². The number of para-hydroxylation sites is 2. The summed E-state index contributed by atoms with van der Waals surface area (Å²) >= 11 is 0. The zero-order valence-corrected chi connectivity index (χ0v) is 10.3. The van der Waals surface area contributed by atoms with Gasteiger partial charge in [-0.1, -0.05) is 23.8 Å². The van der Waals surface area contributed by atoms with Crippen LogP contribution in [0.3, 0.4) is 0 Å². The number of nitrogens with zero attached hydrogens (tertiary/aromatic N) is 1. The molecule has 0 saturated heterocycles. The van der Waals surface area contributed by atoms with E-state index in [1.54, 1.807) is 0 Å². The van der Waals surface area contributed by atoms with Gasteiger partial charge in [-0.25, -0.2) is 0 Å². The molecule has 2 N–H and O–H groups in total. The number of anilines is 1. The summed E-state index contributed by atoms with van der Waals surface area (Å²) in [6.07, 6.45) is 4.48. The summed E-state index contributed by atoms with van der Waals surface area (Å²) in [6, 6.07) is 8.43. The minimum Gasteiger partial charge on any atom is -0.424 e. The molecule has 1 aromatic heterocycles. The van der Waals surface area contributed by atoms with Crippen LogP contribution in [-0.4, -0.2) is 24.6 Å². The maximum absolute atomic E-state index is 5.60. The third-order valence-corrected chi connectivity index (χ3v) is 3.17. The smallest absolute Gasteiger partial charge is 0.295 e. The van der Waals surface area contributed by atoms with Crippen molar-refractivity contribution in [3.63, 3.8) is 0 Å². The molecule has 1 aliphatic heterocycles. The van der Waals surface area contributed by atoms with Crippen LogP contribution in [0.4, 0.5) is 6.01 Å². The standard InChI is InChI=1S/C14H17N3O/c1-2-4-13-12(3-1)17-14(18-13)16-10-7-11-5-8-15-9-6-11/h1-5,15H,6-10H2,(H,16,17). The SMILES string of the molecule is C1=C(CCNc2nc3ccccc3o2)CCNC1. The van der Waals surface area contributed by atoms with Gasteiger partial charge in [-0.15, -0.1) is 0 Å². The Balaban J connectivity index is 1.58. The van der Waals surface area contributed by atoms with Gasteiger partial charge in [-0.2, -0.15) is 4.98 Å². The van der Waals surface area contributed by atoms with Gasteiger partial charge in [0.1, 0.15) is 5.52 Å². The zero-order valence-electron chi connectivity index (χ0n) is 10.3. The highest BCUT2D eigenvalue weighted by Crippen LogP contribution is 2.18. The van der Waals surface area contributed by atoms with E-state index in [2.05, 4.69) is 21.7 Å². The van der Waals surface area contributed by atoms with Gasteiger partial charge in [0.2, 0.25) is 0 Å². The molecule has 0 amide bonds. The molecule has 94 valence electrons. The number of benzene rings is 1. The largest absolute Gasteiger partial charge is 0.424 e. The Bertz CT molecular complexity index is 526. The van der Waals surface area contributed by atoms with Gasteiger partial charge in [-0.3, -0.25) is 0 Å². The molecule has 4 heteroatoms. The first kappa shape index (κ1) is 11.3. The predicted molar refractivity (Wildman–Crippen MR) is 72.7 cm³/mol. The van der Waals surface area contributed by atoms with E-state index < -0.39 is 0 Å². The van der Waals surface area contributed by atoms with Crippen LogP contribution in [0.25, 0.3) is 11.1 Å². The van der Waals surface area contributed by atoms with Crippen LogP contribution < -0.4 is 10.6 Å². The van der Waals surface area contributed by atoms with Crippen molar-refractivity contribution in [3.05, 3.63) is 35.9 Å². The van der Waals surface area contributed by atoms with Crippen molar-refractivity contribution in [2.24, 2.45) is 0 Å². The molecule has 18 heavy (non-hydrogen) atoms. The van der Waals surface area contributed by atoms with Crippen LogP contribution in [0.15, 0.2) is 40.3 Å². The first-order chi connectivity index (χ1) is 8.92. The summed E-state index contributed by atoms with van der Waals surface area (Å²) in [7, 11) is 0. The molecule has 0 radical (unpaired) electrons. The molecular formula is C14H17N3O. The number of fused-ring (bicyclic) bond motifs is 1. The van der Waals surface area contributed by atoms with Crippen LogP contribution in [0.2, 0.25) is 0 Å². The number of hydrogen-bond donors (Lipinski definition) is 2. The van der Waals surface area contributed by atoms with Crippen LogP contribution in [0.5, 0.6) is 0 Å². The summed E-state index contributed by atoms with van der Waals surface area (Å²) in [4.78, 5) is 4.39. The Labute approximate surface area is 106 Å². The number of hydrogen-bond acceptors (Lipinski definition) is 4. The number of rotatable bonds is 4. The van der Waals surface area contributed by atoms with Gasteiger partial charge < -0.3 is 15.1 Å². The van der Waals surface area contributed by atoms with Crippen LogP contribution in [0, 0.1) is 0 Å². The topological polar surface area (TPSA) is 50.1 Å². The second kappa shape index (κ2) is 5.23. The van der Waals surface area contributed by atoms with Gasteiger partial charge in [0, 0.05) is 13.1 Å². The Kier molecular flexibility index (Phi) is 3.28. The molecule has 0 atom stereocenters. The third kappa shape index (κ3) is 2.54. The lowest BCUT2D eigenvalue weighted by molar-refractivity contribution is 0.612. The Morgan fingerprint density at radius 2 is 2.28 bits per heavy atom. The lowest BCUT2D eigenvalue weighted by atomic mass is 10.1. The van der Waals surface area contributed by atoms with Gasteiger partial charge in [-0.05, 0) is 31.5 Å². The van der Waals surface area contributed by atoms with E-state index in [1.807, 2.05) is 24.3 Å². The van der Waals surface area contributed by atoms with E-state index in [0.29, 0.717) is 6.01 Å². The van der Waals surface area contributed by atoms with Gasteiger partial charge in [0.25, 0.3) is 6.01 Å². The molecule has 0 saturated carbocycles. The highest BCUT2D eigenvalue weighted by atomic mass is 16.4. The second-order valence-electron chi connectivity index (χ2n) is 4.48. The second-order valence-corrected chi connectivity index (χ2v) is 4.48. The van der Waals surface area contributed by atoms with Crippen molar-refractivity contribution in [2.75, 3.05) is 25.0 Å². The summed E-state index contributed by atoms with van der Waals surface area (Å²) in [6.45, 7) is 2.96. The van der Waals surface area contributed by atoms with Crippen LogP contribution >= 0.6 is 0 Å². The first-order valence-electron chi connectivity index (χ1n) is 6.40. The Morgan fingerprint density at radius 1 is 1.33 bits per heavy atom. The predicted octanol–water partition coefficient (Wildman–Crippen LogP) is 2.55. The van der Waals surface area contributed by atoms with Gasteiger partial charge in [0.15, 0.2) is 5.58 Å². The van der Waals surface area contributed by atoms with E-state index in [0.717, 1.165) is 43.6 Å². The molecule has 2 aromatic rings. The van der Waals surface area contributed by atoms with E-state index in [1.165, 1.54) is 5.57 Å². The maximum atomic E-state index is 5.60. The Hall–Kier alpha value is -1.81. The van der Waals surface area contributed by atoms with Gasteiger partial charge >= 0.3 is 0 Å². The third-order valence-electron chi connectivity index (χ3n) is 3.17. The summed E-state index contributed by atoms with van der Waals surface area (Å²) < 4.78 is 5.60. The highest BCUT2D eigenvalue weighted by Gasteiger charge is 2.05. The lowest BCUT2D eigenvalue weighted by Gasteiger charge is -2.13. The maximum Gasteiger partial charge on any atom is 0.295 e. The summed E-state index contributed by atoms with van der Waals surface area (Å²) in [5, 5.41) is 6.56. The fraction of sp³-hybridized carbons (Fsp3) is 0.357. The zero-order chi connectivity index (χ0) is 12.2. The molecule has 3 rings (SSSR count). The minimum absolute atomic E-state index is 0.616. The average Bonchev–Trinajstić information content (AvgIpc) is 2.82. The molecule has 2 heterocycles. The van der Waals surface area contributed by atoms with Gasteiger partial charge in [0.05, 0.1) is 0 Å². The quantitative estimate of drug-likeness (QED) is 0.810. The van der Waals surface area contributed by atoms with E-state index in [-0.39, 0.29) is 0 Å². The molecule has 1 aliphatic rings. The number of oxazole rings is 1. The van der Waals surface area contributed by atoms with Crippen molar-refractivity contribution in [2.45, 2.75) is 12.8 Å². The lowest BCUT2D eigenvalue weighted by Crippen LogP contribution is -2.21. The molecule has 1 aromatic carbocycles. The molecule has 4 nitrogen and oxygen atoms in total. The number of nitrogens with one attached hydrogen (secondary N) is 2. The molecule has 0 unspecified atom stereocenters. The fourth-order valence-electron chi connectivity index (χ4n) is 2.17. The Morgan fingerprint density at radius 3 is 3.11 bits per heavy atom. The normalized spacial score (nSPS) is 15.7. The monoisotopic (exact) mass is 243 g/mol. The molecule has 0 aliphatic carbocycles. The number of aromatic nitrogens is 1. The molecular weight excluding hydrogens is 226 g/mol. The van der Waals surface area contributed by atoms with E-state index in [4.69, 9.17) is 4.42 Å². The summed E-state index contributed by atoms with van der Waals surface area (Å²) in [5.41, 5.74) is 3.25. The molecule has 0 bridgehead atoms. The van der Waals surface area contributed by atoms with Crippen LogP contribution in [0.1, 0.15) is 12.8 Å². The fourth-order valence-corrected chi connectivity index (χ4v) is 2.17. The van der Waals surface area contributed by atoms with E-state index in [9.17, 15) is 0 Å². The minimum atomic E-state index is 0.616. The van der Waals surface area contributed by atoms with Crippen molar-refractivity contribution in [3.8, 4) is 0 Å². The van der Waals surface area contributed by atoms with Crippen molar-refractivity contribution < 1.29 is 4.42 Å². The average molecular weight is 243 g/mol.